The van der Waals surface area contributed by atoms with Gasteiger partial charge in [0, 0.05) is 16.9 Å². The number of hydrogen-bond donors (Lipinski definition) is 0. The fraction of sp³-hybridized carbons (Fsp3) is 0.757. The first kappa shape index (κ1) is 29.4. The quantitative estimate of drug-likeness (QED) is 0.116. The number of carbonyl (C=O) groups excluding carboxylic acids is 1. The maximum absolute atomic E-state index is 13.6. The van der Waals surface area contributed by atoms with Crippen molar-refractivity contribution in [1.82, 2.24) is 0 Å². The lowest BCUT2D eigenvalue weighted by Crippen LogP contribution is -2.47. The smallest absolute Gasteiger partial charge is 0.309 e. The molecule has 1 aromatic rings. The Morgan fingerprint density at radius 1 is 1.09 bits per heavy atom. The molecule has 1 heterocycles. The Hall–Kier alpha value is -2.30. The van der Waals surface area contributed by atoms with Crippen molar-refractivity contribution in [3.63, 3.8) is 0 Å². The van der Waals surface area contributed by atoms with Gasteiger partial charge >= 0.3 is 5.97 Å². The summed E-state index contributed by atoms with van der Waals surface area (Å²) in [5, 5.41) is 4.14. The van der Waals surface area contributed by atoms with Crippen LogP contribution >= 0.6 is 0 Å². The van der Waals surface area contributed by atoms with Crippen LogP contribution < -0.4 is 0 Å². The van der Waals surface area contributed by atoms with E-state index < -0.39 is 0 Å². The van der Waals surface area contributed by atoms with Crippen LogP contribution in [0.4, 0.5) is 0 Å². The largest absolute Gasteiger partial charge is 0.461 e. The highest BCUT2D eigenvalue weighted by Gasteiger charge is 2.61. The van der Waals surface area contributed by atoms with E-state index in [1.54, 1.807) is 11.1 Å². The lowest BCUT2D eigenvalue weighted by atomic mass is 9.52. The summed E-state index contributed by atoms with van der Waals surface area (Å²) in [6.07, 6.45) is 12.6. The lowest BCUT2D eigenvalue weighted by molar-refractivity contribution is -0.156. The number of benzene rings is 1. The number of carbonyl (C=O) groups is 1. The third kappa shape index (κ3) is 4.96. The fourth-order valence-corrected chi connectivity index (χ4v) is 11.7. The van der Waals surface area contributed by atoms with Crippen LogP contribution in [0, 0.1) is 52.8 Å². The summed E-state index contributed by atoms with van der Waals surface area (Å²) < 4.78 is 13.2. The van der Waals surface area contributed by atoms with Crippen LogP contribution in [0.25, 0.3) is 10.4 Å². The molecule has 7 rings (SSSR count). The zero-order valence-electron chi connectivity index (χ0n) is 26.7. The van der Waals surface area contributed by atoms with Gasteiger partial charge in [-0.25, -0.2) is 0 Å². The van der Waals surface area contributed by atoms with Gasteiger partial charge in [0.1, 0.15) is 6.61 Å². The molecule has 43 heavy (non-hydrogen) atoms. The third-order valence-corrected chi connectivity index (χ3v) is 13.8. The summed E-state index contributed by atoms with van der Waals surface area (Å²) in [6, 6.07) is 10.3. The van der Waals surface area contributed by atoms with E-state index in [0.29, 0.717) is 35.7 Å². The first-order valence-corrected chi connectivity index (χ1v) is 17.3. The molecule has 6 heteroatoms. The Morgan fingerprint density at radius 3 is 2.70 bits per heavy atom. The molecule has 6 nitrogen and oxygen atoms in total. The summed E-state index contributed by atoms with van der Waals surface area (Å²) in [5.41, 5.74) is 13.6. The second-order valence-corrected chi connectivity index (χ2v) is 15.9. The molecule has 5 fully saturated rings. The van der Waals surface area contributed by atoms with Gasteiger partial charge < -0.3 is 9.47 Å². The van der Waals surface area contributed by atoms with Crippen LogP contribution in [0.2, 0.25) is 0 Å². The topological polar surface area (TPSA) is 84.3 Å². The van der Waals surface area contributed by atoms with Gasteiger partial charge in [-0.1, -0.05) is 67.4 Å². The predicted octanol–water partition coefficient (Wildman–Crippen LogP) is 9.20. The fourth-order valence-electron chi connectivity index (χ4n) is 11.7. The van der Waals surface area contributed by atoms with Gasteiger partial charge in [0.05, 0.1) is 17.6 Å². The van der Waals surface area contributed by atoms with Gasteiger partial charge in [-0.15, -0.1) is 0 Å². The molecule has 1 saturated heterocycles. The minimum absolute atomic E-state index is 0.0264. The summed E-state index contributed by atoms with van der Waals surface area (Å²) in [4.78, 5) is 16.8. The first-order valence-electron chi connectivity index (χ1n) is 17.3. The number of allylic oxidation sites excluding steroid dienone is 1. The molecule has 12 atom stereocenters. The third-order valence-electron chi connectivity index (χ3n) is 13.8. The van der Waals surface area contributed by atoms with E-state index in [0.717, 1.165) is 55.9 Å². The number of fused-ring (bicyclic) bond motifs is 6. The van der Waals surface area contributed by atoms with E-state index in [1.165, 1.54) is 32.1 Å². The number of nitrogens with zero attached hydrogens (tertiary/aromatic N) is 3. The maximum atomic E-state index is 13.6. The Morgan fingerprint density at radius 2 is 1.91 bits per heavy atom. The van der Waals surface area contributed by atoms with Crippen LogP contribution in [-0.4, -0.2) is 23.7 Å². The van der Waals surface area contributed by atoms with Crippen molar-refractivity contribution in [2.24, 2.45) is 57.9 Å². The molecule has 0 bridgehead atoms. The molecule has 4 saturated carbocycles. The van der Waals surface area contributed by atoms with Gasteiger partial charge in [0.15, 0.2) is 0 Å². The standard InChI is InChI=1S/C37H51N3O3/c1-22-16-31(35(41)42-21-25-8-6-5-7-9-25)34-24(3)37(43-33(34)17-22)15-13-28-29-11-10-26-18-27(39-40-38)12-14-36(26,4)32(29)19-30(28)23(2)20-37/h5-9,22,24,26-29,31-34H,10-21H2,1-4H3/t22-,24-,26-,27-,28+,29+,31?,32+,33-,34-,36+,37+/m1/s1. The van der Waals surface area contributed by atoms with Crippen molar-refractivity contribution < 1.29 is 14.3 Å². The molecule has 1 unspecified atom stereocenters. The molecule has 1 spiro atoms. The maximum Gasteiger partial charge on any atom is 0.309 e. The summed E-state index contributed by atoms with van der Waals surface area (Å²) >= 11 is 0. The molecule has 0 amide bonds. The summed E-state index contributed by atoms with van der Waals surface area (Å²) in [6.45, 7) is 10.0. The Balaban J connectivity index is 1.10. The van der Waals surface area contributed by atoms with E-state index in [-0.39, 0.29) is 35.6 Å². The van der Waals surface area contributed by atoms with Crippen molar-refractivity contribution in [2.75, 3.05) is 0 Å². The van der Waals surface area contributed by atoms with Gasteiger partial charge in [0.25, 0.3) is 0 Å². The Bertz CT molecular complexity index is 1310. The van der Waals surface area contributed by atoms with Crippen LogP contribution in [0.15, 0.2) is 46.6 Å². The highest BCUT2D eigenvalue weighted by molar-refractivity contribution is 5.73. The SMILES string of the molecule is CC1=C2C[C@H]3[C@@H](CC[C@@H]4C[C@H](N=[N+]=[N-])CC[C@@]43C)[C@@H]2CC[C@@]2(C1)O[C@@H]1C[C@H](C)CC(C(=O)OCc3ccccc3)[C@H]1[C@H]2C. The Kier molecular flexibility index (Phi) is 7.70. The average Bonchev–Trinajstić information content (AvgIpc) is 3.46. The number of esters is 1. The van der Waals surface area contributed by atoms with Crippen LogP contribution in [0.1, 0.15) is 104 Å². The average molecular weight is 586 g/mol. The molecule has 0 aromatic heterocycles. The van der Waals surface area contributed by atoms with Crippen molar-refractivity contribution in [2.45, 2.75) is 123 Å². The van der Waals surface area contributed by atoms with E-state index in [1.807, 2.05) is 30.3 Å². The molecule has 1 aliphatic heterocycles. The van der Waals surface area contributed by atoms with Gasteiger partial charge in [-0.05, 0) is 130 Å². The molecular formula is C37H51N3O3. The minimum Gasteiger partial charge on any atom is -0.461 e. The van der Waals surface area contributed by atoms with E-state index in [4.69, 9.17) is 15.0 Å². The molecule has 0 radical (unpaired) electrons. The second kappa shape index (κ2) is 11.2. The molecule has 232 valence electrons. The lowest BCUT2D eigenvalue weighted by Gasteiger charge is -2.53. The summed E-state index contributed by atoms with van der Waals surface area (Å²) in [5.74, 6) is 3.85. The normalized spacial score (nSPS) is 45.3. The van der Waals surface area contributed by atoms with E-state index >= 15 is 0 Å². The summed E-state index contributed by atoms with van der Waals surface area (Å²) in [7, 11) is 0. The number of hydrogen-bond acceptors (Lipinski definition) is 4. The van der Waals surface area contributed by atoms with Crippen LogP contribution in [-0.2, 0) is 20.9 Å². The zero-order valence-corrected chi connectivity index (χ0v) is 26.7. The van der Waals surface area contributed by atoms with E-state index in [9.17, 15) is 4.79 Å². The van der Waals surface area contributed by atoms with Crippen molar-refractivity contribution in [1.29, 1.82) is 0 Å². The van der Waals surface area contributed by atoms with Gasteiger partial charge in [-0.3, -0.25) is 4.79 Å². The number of rotatable bonds is 4. The monoisotopic (exact) mass is 585 g/mol. The molecule has 6 aliphatic rings. The predicted molar refractivity (Wildman–Crippen MR) is 168 cm³/mol. The van der Waals surface area contributed by atoms with Crippen molar-refractivity contribution in [3.8, 4) is 0 Å². The van der Waals surface area contributed by atoms with Crippen LogP contribution in [0.5, 0.6) is 0 Å². The van der Waals surface area contributed by atoms with E-state index in [2.05, 4.69) is 37.7 Å². The zero-order chi connectivity index (χ0) is 29.9. The second-order valence-electron chi connectivity index (χ2n) is 15.9. The van der Waals surface area contributed by atoms with Crippen molar-refractivity contribution in [3.05, 3.63) is 57.5 Å². The number of azide groups is 1. The van der Waals surface area contributed by atoms with Gasteiger partial charge in [-0.2, -0.15) is 0 Å². The highest BCUT2D eigenvalue weighted by atomic mass is 16.5. The van der Waals surface area contributed by atoms with Gasteiger partial charge in [0.2, 0.25) is 0 Å². The molecule has 5 aliphatic carbocycles. The minimum atomic E-state index is -0.164. The van der Waals surface area contributed by atoms with Crippen LogP contribution in [0.3, 0.4) is 0 Å². The number of ether oxygens (including phenoxy) is 2. The highest BCUT2D eigenvalue weighted by Crippen LogP contribution is 2.66. The van der Waals surface area contributed by atoms with Crippen molar-refractivity contribution >= 4 is 5.97 Å². The molecule has 1 aromatic carbocycles. The molecule has 0 N–H and O–H groups in total. The first-order chi connectivity index (χ1) is 20.7. The molecular weight excluding hydrogens is 534 g/mol. The Labute approximate surface area is 258 Å².